The van der Waals surface area contributed by atoms with Crippen molar-refractivity contribution in [3.05, 3.63) is 77.0 Å². The summed E-state index contributed by atoms with van der Waals surface area (Å²) in [5.74, 6) is 0. The van der Waals surface area contributed by atoms with Crippen LogP contribution in [0.2, 0.25) is 5.02 Å². The Balaban J connectivity index is 2.27. The van der Waals surface area contributed by atoms with E-state index < -0.39 is 6.08 Å². The van der Waals surface area contributed by atoms with Gasteiger partial charge in [0.2, 0.25) is 0 Å². The molecule has 0 radical (unpaired) electrons. The number of nitrogens with one attached hydrogen (secondary N) is 1. The van der Waals surface area contributed by atoms with Crippen molar-refractivity contribution in [1.82, 2.24) is 4.98 Å². The number of hydrogen-bond acceptors (Lipinski definition) is 0. The van der Waals surface area contributed by atoms with Crippen molar-refractivity contribution in [3.63, 3.8) is 0 Å². The Bertz CT molecular complexity index is 787. The molecule has 1 N–H and O–H groups in total. The largest absolute Gasteiger partial charge is 0.361 e. The van der Waals surface area contributed by atoms with Gasteiger partial charge < -0.3 is 4.98 Å². The molecule has 4 heteroatoms. The average molecular weight is 290 g/mol. The average Bonchev–Trinajstić information content (AvgIpc) is 2.83. The number of benzene rings is 2. The van der Waals surface area contributed by atoms with E-state index >= 15 is 0 Å². The van der Waals surface area contributed by atoms with Crippen molar-refractivity contribution < 1.29 is 8.78 Å². The minimum Gasteiger partial charge on any atom is -0.361 e. The van der Waals surface area contributed by atoms with Crippen LogP contribution in [0.5, 0.6) is 0 Å². The molecule has 0 aliphatic rings. The summed E-state index contributed by atoms with van der Waals surface area (Å²) < 4.78 is 26.8. The molecular formula is C16H10ClF2N. The lowest BCUT2D eigenvalue weighted by Gasteiger charge is -2.06. The molecule has 1 heterocycles. The molecule has 3 aromatic rings. The third-order valence-electron chi connectivity index (χ3n) is 3.16. The molecule has 0 fully saturated rings. The first-order valence-electron chi connectivity index (χ1n) is 6.04. The van der Waals surface area contributed by atoms with Gasteiger partial charge in [-0.3, -0.25) is 0 Å². The Morgan fingerprint density at radius 1 is 1.00 bits per heavy atom. The van der Waals surface area contributed by atoms with Crippen LogP contribution in [-0.2, 0) is 0 Å². The molecule has 20 heavy (non-hydrogen) atoms. The second kappa shape index (κ2) is 5.10. The fraction of sp³-hybridized carbons (Fsp3) is 0. The van der Waals surface area contributed by atoms with Gasteiger partial charge in [-0.2, -0.15) is 8.78 Å². The van der Waals surface area contributed by atoms with Gasteiger partial charge in [0.1, 0.15) is 0 Å². The van der Waals surface area contributed by atoms with E-state index in [-0.39, 0.29) is 5.57 Å². The first-order valence-corrected chi connectivity index (χ1v) is 6.42. The van der Waals surface area contributed by atoms with Crippen LogP contribution in [0.25, 0.3) is 16.5 Å². The van der Waals surface area contributed by atoms with E-state index in [0.29, 0.717) is 21.5 Å². The molecule has 0 amide bonds. The second-order valence-corrected chi connectivity index (χ2v) is 4.83. The van der Waals surface area contributed by atoms with Crippen LogP contribution in [0.3, 0.4) is 0 Å². The summed E-state index contributed by atoms with van der Waals surface area (Å²) in [5.41, 5.74) is 1.64. The summed E-state index contributed by atoms with van der Waals surface area (Å²) in [5, 5.41) is 1.20. The molecule has 3 rings (SSSR count). The number of H-pyrrole nitrogens is 1. The predicted molar refractivity (Wildman–Crippen MR) is 78.0 cm³/mol. The third-order valence-corrected chi connectivity index (χ3v) is 3.40. The minimum absolute atomic E-state index is 0.0703. The van der Waals surface area contributed by atoms with Gasteiger partial charge >= 0.3 is 0 Å². The van der Waals surface area contributed by atoms with E-state index in [0.717, 1.165) is 5.52 Å². The molecule has 1 nitrogen and oxygen atoms in total. The summed E-state index contributed by atoms with van der Waals surface area (Å²) in [6.45, 7) is 0. The third kappa shape index (κ3) is 2.21. The van der Waals surface area contributed by atoms with Crippen LogP contribution in [0.4, 0.5) is 8.78 Å². The topological polar surface area (TPSA) is 15.8 Å². The normalized spacial score (nSPS) is 10.8. The molecule has 1 aromatic heterocycles. The molecule has 0 bridgehead atoms. The highest BCUT2D eigenvalue weighted by Gasteiger charge is 2.16. The summed E-state index contributed by atoms with van der Waals surface area (Å²) in [6, 6.07) is 13.8. The van der Waals surface area contributed by atoms with Gasteiger partial charge in [-0.05, 0) is 23.8 Å². The molecular weight excluding hydrogens is 280 g/mol. The summed E-state index contributed by atoms with van der Waals surface area (Å²) in [4.78, 5) is 2.99. The monoisotopic (exact) mass is 289 g/mol. The van der Waals surface area contributed by atoms with Gasteiger partial charge in [-0.1, -0.05) is 41.9 Å². The van der Waals surface area contributed by atoms with E-state index in [1.807, 2.05) is 0 Å². The molecule has 0 saturated heterocycles. The van der Waals surface area contributed by atoms with Crippen LogP contribution in [-0.4, -0.2) is 4.98 Å². The van der Waals surface area contributed by atoms with Crippen LogP contribution in [0, 0.1) is 0 Å². The van der Waals surface area contributed by atoms with E-state index in [9.17, 15) is 8.78 Å². The van der Waals surface area contributed by atoms with Gasteiger partial charge in [0.25, 0.3) is 6.08 Å². The maximum atomic E-state index is 13.4. The van der Waals surface area contributed by atoms with E-state index in [1.165, 1.54) is 0 Å². The van der Waals surface area contributed by atoms with Crippen LogP contribution in [0.15, 0.2) is 60.8 Å². The molecule has 0 aliphatic heterocycles. The Kier molecular flexibility index (Phi) is 3.28. The Morgan fingerprint density at radius 3 is 2.45 bits per heavy atom. The van der Waals surface area contributed by atoms with E-state index in [4.69, 9.17) is 11.6 Å². The number of halogens is 3. The van der Waals surface area contributed by atoms with Crippen molar-refractivity contribution in [2.45, 2.75) is 0 Å². The van der Waals surface area contributed by atoms with Crippen molar-refractivity contribution in [2.75, 3.05) is 0 Å². The highest BCUT2D eigenvalue weighted by molar-refractivity contribution is 6.31. The highest BCUT2D eigenvalue weighted by Crippen LogP contribution is 2.34. The zero-order chi connectivity index (χ0) is 14.1. The summed E-state index contributed by atoms with van der Waals surface area (Å²) in [6.07, 6.45) is -0.125. The molecule has 2 aromatic carbocycles. The summed E-state index contributed by atoms with van der Waals surface area (Å²) in [7, 11) is 0. The molecule has 0 atom stereocenters. The van der Waals surface area contributed by atoms with Gasteiger partial charge in [0.05, 0.1) is 5.57 Å². The SMILES string of the molecule is FC(F)=C(c1ccccc1)c1c[nH]c2ccc(Cl)cc12. The number of aromatic nitrogens is 1. The lowest BCUT2D eigenvalue weighted by molar-refractivity contribution is 0.426. The number of hydrogen-bond donors (Lipinski definition) is 1. The minimum atomic E-state index is -1.71. The fourth-order valence-corrected chi connectivity index (χ4v) is 2.44. The number of fused-ring (bicyclic) bond motifs is 1. The first-order chi connectivity index (χ1) is 9.66. The standard InChI is InChI=1S/C16H10ClF2N/c17-11-6-7-14-12(8-11)13(9-20-14)15(16(18)19)10-4-2-1-3-5-10/h1-9,20H. The predicted octanol–water partition coefficient (Wildman–Crippen LogP) is 5.48. The van der Waals surface area contributed by atoms with Crippen molar-refractivity contribution >= 4 is 28.1 Å². The van der Waals surface area contributed by atoms with Gasteiger partial charge in [-0.25, -0.2) is 0 Å². The van der Waals surface area contributed by atoms with Crippen LogP contribution < -0.4 is 0 Å². The molecule has 0 aliphatic carbocycles. The molecule has 100 valence electrons. The zero-order valence-corrected chi connectivity index (χ0v) is 11.1. The van der Waals surface area contributed by atoms with Crippen LogP contribution in [0.1, 0.15) is 11.1 Å². The number of aromatic amines is 1. The van der Waals surface area contributed by atoms with Crippen LogP contribution >= 0.6 is 11.6 Å². The Labute approximate surface area is 119 Å². The maximum absolute atomic E-state index is 13.4. The molecule has 0 spiro atoms. The van der Waals surface area contributed by atoms with Gasteiger partial charge in [-0.15, -0.1) is 0 Å². The molecule has 0 saturated carbocycles. The number of rotatable bonds is 2. The summed E-state index contributed by atoms with van der Waals surface area (Å²) >= 11 is 5.96. The lowest BCUT2D eigenvalue weighted by atomic mass is 9.98. The Morgan fingerprint density at radius 2 is 1.75 bits per heavy atom. The van der Waals surface area contributed by atoms with E-state index in [2.05, 4.69) is 4.98 Å². The fourth-order valence-electron chi connectivity index (χ4n) is 2.27. The highest BCUT2D eigenvalue weighted by atomic mass is 35.5. The lowest BCUT2D eigenvalue weighted by Crippen LogP contribution is -1.88. The van der Waals surface area contributed by atoms with Crippen molar-refractivity contribution in [3.8, 4) is 0 Å². The van der Waals surface area contributed by atoms with E-state index in [1.54, 1.807) is 54.7 Å². The Hall–Kier alpha value is -2.13. The van der Waals surface area contributed by atoms with Gasteiger partial charge in [0, 0.05) is 27.7 Å². The van der Waals surface area contributed by atoms with Crippen molar-refractivity contribution in [2.24, 2.45) is 0 Å². The zero-order valence-electron chi connectivity index (χ0n) is 10.3. The second-order valence-electron chi connectivity index (χ2n) is 4.39. The first kappa shape index (κ1) is 12.9. The smallest absolute Gasteiger partial charge is 0.278 e. The quantitative estimate of drug-likeness (QED) is 0.643. The molecule has 0 unspecified atom stereocenters. The van der Waals surface area contributed by atoms with Crippen molar-refractivity contribution in [1.29, 1.82) is 0 Å². The van der Waals surface area contributed by atoms with Gasteiger partial charge in [0.15, 0.2) is 0 Å². The maximum Gasteiger partial charge on any atom is 0.278 e.